The lowest BCUT2D eigenvalue weighted by Gasteiger charge is -2.19. The first-order chi connectivity index (χ1) is 16.2. The third kappa shape index (κ3) is 4.20. The van der Waals surface area contributed by atoms with E-state index in [1.54, 1.807) is 25.1 Å². The summed E-state index contributed by atoms with van der Waals surface area (Å²) >= 11 is 0. The Morgan fingerprint density at radius 3 is 2.50 bits per heavy atom. The third-order valence-corrected chi connectivity index (χ3v) is 5.70. The lowest BCUT2D eigenvalue weighted by atomic mass is 9.99. The van der Waals surface area contributed by atoms with Crippen molar-refractivity contribution in [2.75, 3.05) is 6.79 Å². The normalized spacial score (nSPS) is 12.8. The molecule has 0 bridgehead atoms. The summed E-state index contributed by atoms with van der Waals surface area (Å²) in [6.07, 6.45) is -0.964. The van der Waals surface area contributed by atoms with Gasteiger partial charge in [0.25, 0.3) is 5.56 Å². The van der Waals surface area contributed by atoms with Gasteiger partial charge >= 0.3 is 0 Å². The number of aromatic nitrogens is 1. The molecule has 174 valence electrons. The second kappa shape index (κ2) is 8.94. The SMILES string of the molecule is Cc1cc(C)cc(OC(C)C(=O)c2c(C)c(C#N)c(=O)n(Cc3ccc4c(c3)OCO4)c2O)c1. The largest absolute Gasteiger partial charge is 0.494 e. The Bertz CT molecular complexity index is 1380. The van der Waals surface area contributed by atoms with Gasteiger partial charge in [0.15, 0.2) is 17.6 Å². The van der Waals surface area contributed by atoms with Crippen LogP contribution in [0.15, 0.2) is 41.2 Å². The summed E-state index contributed by atoms with van der Waals surface area (Å²) in [6, 6.07) is 12.6. The number of nitrogens with zero attached hydrogens (tertiary/aromatic N) is 2. The Morgan fingerprint density at radius 1 is 1.15 bits per heavy atom. The maximum absolute atomic E-state index is 13.4. The molecule has 0 radical (unpaired) electrons. The number of pyridine rings is 1. The minimum absolute atomic E-state index is 0.0666. The van der Waals surface area contributed by atoms with E-state index in [0.717, 1.165) is 15.7 Å². The number of carbonyl (C=O) groups is 1. The number of aryl methyl sites for hydroxylation is 2. The molecule has 0 spiro atoms. The van der Waals surface area contributed by atoms with Gasteiger partial charge in [-0.1, -0.05) is 12.1 Å². The predicted molar refractivity (Wildman–Crippen MR) is 124 cm³/mol. The van der Waals surface area contributed by atoms with Crippen molar-refractivity contribution in [2.45, 2.75) is 40.3 Å². The average Bonchev–Trinajstić information content (AvgIpc) is 3.24. The molecular weight excluding hydrogens is 436 g/mol. The molecule has 0 aliphatic carbocycles. The van der Waals surface area contributed by atoms with Crippen LogP contribution in [0.5, 0.6) is 23.1 Å². The molecule has 1 unspecified atom stereocenters. The Hall–Kier alpha value is -4.25. The predicted octanol–water partition coefficient (Wildman–Crippen LogP) is 3.78. The van der Waals surface area contributed by atoms with Crippen LogP contribution in [0.3, 0.4) is 0 Å². The van der Waals surface area contributed by atoms with Gasteiger partial charge in [-0.3, -0.25) is 14.2 Å². The molecule has 3 aromatic rings. The quantitative estimate of drug-likeness (QED) is 0.557. The summed E-state index contributed by atoms with van der Waals surface area (Å²) in [7, 11) is 0. The number of Topliss-reactive ketones (excluding diaryl/α,β-unsaturated/α-hetero) is 1. The summed E-state index contributed by atoms with van der Waals surface area (Å²) < 4.78 is 17.5. The number of fused-ring (bicyclic) bond motifs is 1. The minimum Gasteiger partial charge on any atom is -0.494 e. The molecule has 8 heteroatoms. The highest BCUT2D eigenvalue weighted by atomic mass is 16.7. The van der Waals surface area contributed by atoms with Crippen LogP contribution in [0.2, 0.25) is 0 Å². The van der Waals surface area contributed by atoms with Gasteiger partial charge in [-0.25, -0.2) is 0 Å². The first-order valence-corrected chi connectivity index (χ1v) is 10.7. The molecule has 2 heterocycles. The number of rotatable bonds is 6. The van der Waals surface area contributed by atoms with E-state index < -0.39 is 23.3 Å². The van der Waals surface area contributed by atoms with E-state index in [0.29, 0.717) is 22.8 Å². The highest BCUT2D eigenvalue weighted by Crippen LogP contribution is 2.33. The number of benzene rings is 2. The van der Waals surface area contributed by atoms with Gasteiger partial charge in [-0.15, -0.1) is 0 Å². The highest BCUT2D eigenvalue weighted by molar-refractivity contribution is 6.03. The van der Waals surface area contributed by atoms with Crippen LogP contribution < -0.4 is 19.8 Å². The Morgan fingerprint density at radius 2 is 1.82 bits per heavy atom. The number of carbonyl (C=O) groups excluding carboxylic acids is 1. The number of ketones is 1. The molecule has 0 saturated carbocycles. The summed E-state index contributed by atoms with van der Waals surface area (Å²) in [5.74, 6) is 0.564. The standard InChI is InChI=1S/C26H24N2O6/c1-14-7-15(2)9-19(8-14)34-17(4)24(29)23-16(3)20(11-27)25(30)28(26(23)31)12-18-5-6-21-22(10-18)33-13-32-21/h5-10,17,31H,12-13H2,1-4H3. The van der Waals surface area contributed by atoms with Crippen LogP contribution in [-0.2, 0) is 6.54 Å². The molecule has 8 nitrogen and oxygen atoms in total. The van der Waals surface area contributed by atoms with Crippen molar-refractivity contribution in [1.82, 2.24) is 4.57 Å². The molecule has 0 saturated heterocycles. The number of hydrogen-bond donors (Lipinski definition) is 1. The molecule has 1 aromatic heterocycles. The summed E-state index contributed by atoms with van der Waals surface area (Å²) in [4.78, 5) is 26.3. The van der Waals surface area contributed by atoms with Crippen molar-refractivity contribution in [1.29, 1.82) is 5.26 Å². The molecule has 1 atom stereocenters. The average molecular weight is 460 g/mol. The highest BCUT2D eigenvalue weighted by Gasteiger charge is 2.28. The topological polar surface area (TPSA) is 111 Å². The van der Waals surface area contributed by atoms with E-state index >= 15 is 0 Å². The van der Waals surface area contributed by atoms with Gasteiger partial charge in [0, 0.05) is 0 Å². The second-order valence-corrected chi connectivity index (χ2v) is 8.34. The van der Waals surface area contributed by atoms with Crippen LogP contribution in [0, 0.1) is 32.1 Å². The Balaban J connectivity index is 1.73. The van der Waals surface area contributed by atoms with E-state index in [1.165, 1.54) is 6.92 Å². The minimum atomic E-state index is -0.964. The molecule has 0 fully saturated rings. The van der Waals surface area contributed by atoms with Crippen LogP contribution >= 0.6 is 0 Å². The molecule has 1 N–H and O–H groups in total. The maximum Gasteiger partial charge on any atom is 0.271 e. The fourth-order valence-corrected chi connectivity index (χ4v) is 4.08. The molecule has 34 heavy (non-hydrogen) atoms. The van der Waals surface area contributed by atoms with E-state index in [9.17, 15) is 20.0 Å². The van der Waals surface area contributed by atoms with Crippen LogP contribution in [0.4, 0.5) is 0 Å². The van der Waals surface area contributed by atoms with Gasteiger partial charge in [0.05, 0.1) is 12.1 Å². The summed E-state index contributed by atoms with van der Waals surface area (Å²) in [5.41, 5.74) is 1.71. The van der Waals surface area contributed by atoms with Gasteiger partial charge < -0.3 is 19.3 Å². The summed E-state index contributed by atoms with van der Waals surface area (Å²) in [5, 5.41) is 20.6. The number of hydrogen-bond acceptors (Lipinski definition) is 7. The molecule has 2 aromatic carbocycles. The molecule has 1 aliphatic rings. The van der Waals surface area contributed by atoms with E-state index in [1.807, 2.05) is 38.1 Å². The van der Waals surface area contributed by atoms with Gasteiger partial charge in [-0.05, 0) is 74.2 Å². The molecule has 4 rings (SSSR count). The monoisotopic (exact) mass is 460 g/mol. The van der Waals surface area contributed by atoms with Crippen molar-refractivity contribution in [3.63, 3.8) is 0 Å². The zero-order valence-electron chi connectivity index (χ0n) is 19.3. The zero-order valence-corrected chi connectivity index (χ0v) is 19.3. The van der Waals surface area contributed by atoms with Crippen LogP contribution in [0.1, 0.15) is 45.1 Å². The van der Waals surface area contributed by atoms with Crippen molar-refractivity contribution in [3.05, 3.63) is 80.1 Å². The third-order valence-electron chi connectivity index (χ3n) is 5.70. The second-order valence-electron chi connectivity index (χ2n) is 8.34. The zero-order chi connectivity index (χ0) is 24.6. The first-order valence-electron chi connectivity index (χ1n) is 10.7. The smallest absolute Gasteiger partial charge is 0.271 e. The number of ether oxygens (including phenoxy) is 3. The van der Waals surface area contributed by atoms with Crippen LogP contribution in [-0.4, -0.2) is 28.4 Å². The van der Waals surface area contributed by atoms with Gasteiger partial charge in [0.2, 0.25) is 18.5 Å². The van der Waals surface area contributed by atoms with Crippen molar-refractivity contribution >= 4 is 5.78 Å². The lowest BCUT2D eigenvalue weighted by Crippen LogP contribution is -2.31. The van der Waals surface area contributed by atoms with E-state index in [2.05, 4.69) is 0 Å². The maximum atomic E-state index is 13.4. The lowest BCUT2D eigenvalue weighted by molar-refractivity contribution is 0.0812. The Labute approximate surface area is 196 Å². The van der Waals surface area contributed by atoms with E-state index in [4.69, 9.17) is 14.2 Å². The van der Waals surface area contributed by atoms with Gasteiger partial charge in [-0.2, -0.15) is 5.26 Å². The fraction of sp³-hybridized carbons (Fsp3) is 0.269. The number of aromatic hydroxyl groups is 1. The molecule has 0 amide bonds. The molecular formula is C26H24N2O6. The number of nitriles is 1. The Kier molecular flexibility index (Phi) is 6.03. The van der Waals surface area contributed by atoms with Crippen LogP contribution in [0.25, 0.3) is 0 Å². The van der Waals surface area contributed by atoms with Crippen molar-refractivity contribution in [2.24, 2.45) is 0 Å². The van der Waals surface area contributed by atoms with Crippen molar-refractivity contribution in [3.8, 4) is 29.2 Å². The summed E-state index contributed by atoms with van der Waals surface area (Å²) in [6.45, 7) is 6.92. The first kappa shape index (κ1) is 22.9. The van der Waals surface area contributed by atoms with Crippen molar-refractivity contribution < 1.29 is 24.1 Å². The van der Waals surface area contributed by atoms with E-state index in [-0.39, 0.29) is 30.0 Å². The molecule has 1 aliphatic heterocycles. The fourth-order valence-electron chi connectivity index (χ4n) is 4.08. The van der Waals surface area contributed by atoms with Gasteiger partial charge in [0.1, 0.15) is 17.4 Å².